The van der Waals surface area contributed by atoms with Gasteiger partial charge in [-0.1, -0.05) is 6.07 Å². The third-order valence-corrected chi connectivity index (χ3v) is 3.40. The minimum atomic E-state index is 0.518. The zero-order valence-electron chi connectivity index (χ0n) is 8.96. The summed E-state index contributed by atoms with van der Waals surface area (Å²) in [7, 11) is 0. The van der Waals surface area contributed by atoms with Crippen LogP contribution in [0.15, 0.2) is 18.2 Å². The SMILES string of the molecule is c1cc2c(cc1NC1CCOC1)CCC2. The van der Waals surface area contributed by atoms with Gasteiger partial charge in [-0.3, -0.25) is 0 Å². The Morgan fingerprint density at radius 2 is 2.13 bits per heavy atom. The van der Waals surface area contributed by atoms with Crippen molar-refractivity contribution in [2.24, 2.45) is 0 Å². The number of rotatable bonds is 2. The normalized spacial score (nSPS) is 24.1. The van der Waals surface area contributed by atoms with Crippen molar-refractivity contribution in [2.45, 2.75) is 31.7 Å². The minimum Gasteiger partial charge on any atom is -0.380 e. The summed E-state index contributed by atoms with van der Waals surface area (Å²) in [5, 5.41) is 3.55. The van der Waals surface area contributed by atoms with Crippen molar-refractivity contribution in [3.05, 3.63) is 29.3 Å². The lowest BCUT2D eigenvalue weighted by molar-refractivity contribution is 0.195. The van der Waals surface area contributed by atoms with Crippen LogP contribution in [0.2, 0.25) is 0 Å². The molecule has 1 aliphatic carbocycles. The summed E-state index contributed by atoms with van der Waals surface area (Å²) in [4.78, 5) is 0. The summed E-state index contributed by atoms with van der Waals surface area (Å²) < 4.78 is 5.36. The molecule has 0 aromatic heterocycles. The van der Waals surface area contributed by atoms with E-state index in [9.17, 15) is 0 Å². The fraction of sp³-hybridized carbons (Fsp3) is 0.538. The third kappa shape index (κ3) is 1.86. The van der Waals surface area contributed by atoms with E-state index in [4.69, 9.17) is 4.74 Å². The van der Waals surface area contributed by atoms with Crippen molar-refractivity contribution in [2.75, 3.05) is 18.5 Å². The second-order valence-corrected chi connectivity index (χ2v) is 4.54. The Morgan fingerprint density at radius 3 is 3.00 bits per heavy atom. The number of ether oxygens (including phenoxy) is 1. The first-order valence-corrected chi connectivity index (χ1v) is 5.88. The molecule has 0 radical (unpaired) electrons. The third-order valence-electron chi connectivity index (χ3n) is 3.40. The summed E-state index contributed by atoms with van der Waals surface area (Å²) in [5.41, 5.74) is 4.35. The number of nitrogens with one attached hydrogen (secondary N) is 1. The highest BCUT2D eigenvalue weighted by atomic mass is 16.5. The molecule has 0 amide bonds. The first-order valence-electron chi connectivity index (χ1n) is 5.88. The number of hydrogen-bond acceptors (Lipinski definition) is 2. The number of anilines is 1. The highest BCUT2D eigenvalue weighted by molar-refractivity contribution is 5.50. The fourth-order valence-electron chi connectivity index (χ4n) is 2.55. The smallest absolute Gasteiger partial charge is 0.0668 e. The molecule has 1 heterocycles. The van der Waals surface area contributed by atoms with Gasteiger partial charge in [-0.2, -0.15) is 0 Å². The molecule has 2 nitrogen and oxygen atoms in total. The number of fused-ring (bicyclic) bond motifs is 1. The van der Waals surface area contributed by atoms with E-state index in [2.05, 4.69) is 23.5 Å². The molecule has 0 saturated carbocycles. The molecule has 15 heavy (non-hydrogen) atoms. The molecule has 80 valence electrons. The van der Waals surface area contributed by atoms with Crippen LogP contribution in [0, 0.1) is 0 Å². The average molecular weight is 203 g/mol. The molecule has 1 aromatic carbocycles. The maximum Gasteiger partial charge on any atom is 0.0668 e. The highest BCUT2D eigenvalue weighted by Crippen LogP contribution is 2.25. The molecule has 2 aliphatic rings. The molecule has 1 saturated heterocycles. The van der Waals surface area contributed by atoms with Crippen molar-refractivity contribution in [3.8, 4) is 0 Å². The van der Waals surface area contributed by atoms with Gasteiger partial charge in [-0.25, -0.2) is 0 Å². The molecule has 1 unspecified atom stereocenters. The van der Waals surface area contributed by atoms with E-state index in [1.54, 1.807) is 11.1 Å². The van der Waals surface area contributed by atoms with Crippen LogP contribution in [0.25, 0.3) is 0 Å². The molecular weight excluding hydrogens is 186 g/mol. The van der Waals surface area contributed by atoms with Crippen LogP contribution in [0.1, 0.15) is 24.0 Å². The van der Waals surface area contributed by atoms with E-state index < -0.39 is 0 Å². The van der Waals surface area contributed by atoms with Gasteiger partial charge in [0, 0.05) is 12.3 Å². The average Bonchev–Trinajstić information content (AvgIpc) is 2.87. The van der Waals surface area contributed by atoms with Crippen molar-refractivity contribution in [1.29, 1.82) is 0 Å². The van der Waals surface area contributed by atoms with E-state index in [-0.39, 0.29) is 0 Å². The van der Waals surface area contributed by atoms with E-state index in [0.717, 1.165) is 19.6 Å². The van der Waals surface area contributed by atoms with Gasteiger partial charge in [0.25, 0.3) is 0 Å². The zero-order chi connectivity index (χ0) is 10.1. The lowest BCUT2D eigenvalue weighted by atomic mass is 10.1. The monoisotopic (exact) mass is 203 g/mol. The topological polar surface area (TPSA) is 21.3 Å². The van der Waals surface area contributed by atoms with Crippen LogP contribution < -0.4 is 5.32 Å². The van der Waals surface area contributed by atoms with Crippen molar-refractivity contribution >= 4 is 5.69 Å². The summed E-state index contributed by atoms with van der Waals surface area (Å²) in [5.74, 6) is 0. The largest absolute Gasteiger partial charge is 0.380 e. The Labute approximate surface area is 90.6 Å². The molecular formula is C13H17NO. The first kappa shape index (κ1) is 9.22. The summed E-state index contributed by atoms with van der Waals surface area (Å²) in [6, 6.07) is 7.33. The van der Waals surface area contributed by atoms with Crippen molar-refractivity contribution in [1.82, 2.24) is 0 Å². The van der Waals surface area contributed by atoms with Crippen LogP contribution in [-0.2, 0) is 17.6 Å². The van der Waals surface area contributed by atoms with Crippen molar-refractivity contribution < 1.29 is 4.74 Å². The second-order valence-electron chi connectivity index (χ2n) is 4.54. The highest BCUT2D eigenvalue weighted by Gasteiger charge is 2.16. The molecule has 0 spiro atoms. The van der Waals surface area contributed by atoms with Crippen LogP contribution in [0.3, 0.4) is 0 Å². The Bertz CT molecular complexity index is 356. The van der Waals surface area contributed by atoms with Crippen molar-refractivity contribution in [3.63, 3.8) is 0 Å². The second kappa shape index (κ2) is 3.86. The van der Waals surface area contributed by atoms with Gasteiger partial charge in [0.1, 0.15) is 0 Å². The predicted octanol–water partition coefficient (Wildman–Crippen LogP) is 2.38. The zero-order valence-corrected chi connectivity index (χ0v) is 8.96. The minimum absolute atomic E-state index is 0.518. The van der Waals surface area contributed by atoms with Crippen LogP contribution in [0.5, 0.6) is 0 Å². The molecule has 2 heteroatoms. The Kier molecular flexibility index (Phi) is 2.37. The number of benzene rings is 1. The maximum atomic E-state index is 5.36. The van der Waals surface area contributed by atoms with E-state index >= 15 is 0 Å². The lowest BCUT2D eigenvalue weighted by Crippen LogP contribution is -2.18. The van der Waals surface area contributed by atoms with E-state index in [0.29, 0.717) is 6.04 Å². The molecule has 1 aliphatic heterocycles. The molecule has 0 bridgehead atoms. The van der Waals surface area contributed by atoms with Gasteiger partial charge in [0.15, 0.2) is 0 Å². The lowest BCUT2D eigenvalue weighted by Gasteiger charge is -2.13. The molecule has 3 rings (SSSR count). The Balaban J connectivity index is 1.75. The van der Waals surface area contributed by atoms with Gasteiger partial charge >= 0.3 is 0 Å². The quantitative estimate of drug-likeness (QED) is 0.796. The summed E-state index contributed by atoms with van der Waals surface area (Å²) >= 11 is 0. The van der Waals surface area contributed by atoms with Gasteiger partial charge in [-0.05, 0) is 48.9 Å². The summed E-state index contributed by atoms with van der Waals surface area (Å²) in [6.07, 6.45) is 4.98. The van der Waals surface area contributed by atoms with Gasteiger partial charge < -0.3 is 10.1 Å². The van der Waals surface area contributed by atoms with Crippen LogP contribution >= 0.6 is 0 Å². The molecule has 1 atom stereocenters. The van der Waals surface area contributed by atoms with E-state index in [1.165, 1.54) is 24.9 Å². The Morgan fingerprint density at radius 1 is 1.20 bits per heavy atom. The van der Waals surface area contributed by atoms with Crippen LogP contribution in [0.4, 0.5) is 5.69 Å². The molecule has 1 fully saturated rings. The Hall–Kier alpha value is -1.02. The van der Waals surface area contributed by atoms with E-state index in [1.807, 2.05) is 0 Å². The predicted molar refractivity (Wildman–Crippen MR) is 61.3 cm³/mol. The number of hydrogen-bond donors (Lipinski definition) is 1. The molecule has 1 N–H and O–H groups in total. The number of aryl methyl sites for hydroxylation is 2. The molecule has 1 aromatic rings. The summed E-state index contributed by atoms with van der Waals surface area (Å²) in [6.45, 7) is 1.76. The van der Waals surface area contributed by atoms with Gasteiger partial charge in [0.2, 0.25) is 0 Å². The fourth-order valence-corrected chi connectivity index (χ4v) is 2.55. The van der Waals surface area contributed by atoms with Crippen LogP contribution in [-0.4, -0.2) is 19.3 Å². The maximum absolute atomic E-state index is 5.36. The first-order chi connectivity index (χ1) is 7.42. The standard InChI is InChI=1S/C13H17NO/c1-2-10-4-5-12(8-11(10)3-1)14-13-6-7-15-9-13/h4-5,8,13-14H,1-3,6-7,9H2. The van der Waals surface area contributed by atoms with Gasteiger partial charge in [-0.15, -0.1) is 0 Å². The van der Waals surface area contributed by atoms with Gasteiger partial charge in [0.05, 0.1) is 12.6 Å².